The number of hydrogen-bond donors (Lipinski definition) is 1. The highest BCUT2D eigenvalue weighted by Gasteiger charge is 2.18. The Balaban J connectivity index is 2.00. The Morgan fingerprint density at radius 2 is 2.00 bits per heavy atom. The molecule has 2 rings (SSSR count). The molecule has 1 aliphatic rings. The average molecular weight is 290 g/mol. The van der Waals surface area contributed by atoms with Gasteiger partial charge in [-0.05, 0) is 56.0 Å². The first-order valence-electron chi connectivity index (χ1n) is 8.44. The molecule has 0 amide bonds. The largest absolute Gasteiger partial charge is 0.494 e. The molecule has 1 fully saturated rings. The molecule has 1 saturated heterocycles. The van der Waals surface area contributed by atoms with Gasteiger partial charge in [-0.1, -0.05) is 20.8 Å². The fraction of sp³-hybridized carbons (Fsp3) is 0.667. The molecule has 1 aromatic carbocycles. The summed E-state index contributed by atoms with van der Waals surface area (Å²) in [5.41, 5.74) is 1.32. The van der Waals surface area contributed by atoms with Gasteiger partial charge in [-0.15, -0.1) is 0 Å². The van der Waals surface area contributed by atoms with E-state index in [4.69, 9.17) is 4.74 Å². The summed E-state index contributed by atoms with van der Waals surface area (Å²) in [5, 5.41) is 3.68. The molecular formula is C18H30N2O. The molecule has 1 aromatic rings. The minimum Gasteiger partial charge on any atom is -0.494 e. The molecule has 3 heteroatoms. The van der Waals surface area contributed by atoms with Crippen LogP contribution in [0.15, 0.2) is 24.3 Å². The van der Waals surface area contributed by atoms with Gasteiger partial charge in [0.1, 0.15) is 5.75 Å². The van der Waals surface area contributed by atoms with E-state index in [0.29, 0.717) is 12.0 Å². The third-order valence-corrected chi connectivity index (χ3v) is 4.20. The van der Waals surface area contributed by atoms with Crippen molar-refractivity contribution in [3.63, 3.8) is 0 Å². The molecule has 0 aliphatic carbocycles. The zero-order valence-corrected chi connectivity index (χ0v) is 13.8. The third-order valence-electron chi connectivity index (χ3n) is 4.20. The first kappa shape index (κ1) is 16.2. The van der Waals surface area contributed by atoms with Crippen molar-refractivity contribution in [3.8, 4) is 5.75 Å². The minimum absolute atomic E-state index is 0.655. The number of nitrogens with one attached hydrogen (secondary N) is 1. The van der Waals surface area contributed by atoms with E-state index < -0.39 is 0 Å². The van der Waals surface area contributed by atoms with Gasteiger partial charge in [-0.25, -0.2) is 0 Å². The van der Waals surface area contributed by atoms with Gasteiger partial charge in [0, 0.05) is 24.8 Å². The maximum Gasteiger partial charge on any atom is 0.119 e. The second kappa shape index (κ2) is 8.28. The lowest BCUT2D eigenvalue weighted by Crippen LogP contribution is -2.43. The Labute approximate surface area is 129 Å². The number of nitrogens with zero attached hydrogens (tertiary/aromatic N) is 1. The lowest BCUT2D eigenvalue weighted by Gasteiger charge is -2.33. The summed E-state index contributed by atoms with van der Waals surface area (Å²) in [4.78, 5) is 2.53. The summed E-state index contributed by atoms with van der Waals surface area (Å²) in [5.74, 6) is 1.66. The predicted molar refractivity (Wildman–Crippen MR) is 90.3 cm³/mol. The summed E-state index contributed by atoms with van der Waals surface area (Å²) in [7, 11) is 0. The van der Waals surface area contributed by atoms with Crippen molar-refractivity contribution in [1.82, 2.24) is 5.32 Å². The van der Waals surface area contributed by atoms with Crippen LogP contribution in [0.3, 0.4) is 0 Å². The van der Waals surface area contributed by atoms with Gasteiger partial charge in [-0.2, -0.15) is 0 Å². The van der Waals surface area contributed by atoms with Crippen molar-refractivity contribution >= 4 is 5.69 Å². The second-order valence-electron chi connectivity index (χ2n) is 6.20. The van der Waals surface area contributed by atoms with Gasteiger partial charge in [0.25, 0.3) is 0 Å². The van der Waals surface area contributed by atoms with Crippen LogP contribution in [0.1, 0.15) is 40.0 Å². The van der Waals surface area contributed by atoms with Gasteiger partial charge in [0.2, 0.25) is 0 Å². The second-order valence-corrected chi connectivity index (χ2v) is 6.20. The van der Waals surface area contributed by atoms with Crippen LogP contribution >= 0.6 is 0 Å². The summed E-state index contributed by atoms with van der Waals surface area (Å²) in [6.45, 7) is 10.9. The molecule has 118 valence electrons. The van der Waals surface area contributed by atoms with E-state index in [-0.39, 0.29) is 0 Å². The Kier molecular flexibility index (Phi) is 6.37. The number of benzene rings is 1. The Morgan fingerprint density at radius 3 is 2.67 bits per heavy atom. The molecule has 0 spiro atoms. The van der Waals surface area contributed by atoms with Crippen LogP contribution in [-0.2, 0) is 0 Å². The molecule has 0 saturated carbocycles. The lowest BCUT2D eigenvalue weighted by molar-refractivity contribution is 0.317. The van der Waals surface area contributed by atoms with Crippen LogP contribution in [0, 0.1) is 5.92 Å². The molecule has 1 aliphatic heterocycles. The van der Waals surface area contributed by atoms with E-state index in [2.05, 4.69) is 55.3 Å². The molecular weight excluding hydrogens is 260 g/mol. The highest BCUT2D eigenvalue weighted by atomic mass is 16.5. The Morgan fingerprint density at radius 1 is 1.24 bits per heavy atom. The number of hydrogen-bond acceptors (Lipinski definition) is 3. The van der Waals surface area contributed by atoms with Crippen molar-refractivity contribution in [2.75, 3.05) is 31.1 Å². The van der Waals surface area contributed by atoms with Crippen molar-refractivity contribution in [3.05, 3.63) is 24.3 Å². The van der Waals surface area contributed by atoms with Crippen LogP contribution in [0.25, 0.3) is 0 Å². The summed E-state index contributed by atoms with van der Waals surface area (Å²) in [6.07, 6.45) is 3.48. The first-order chi connectivity index (χ1) is 10.2. The average Bonchev–Trinajstić information content (AvgIpc) is 2.50. The number of rotatable bonds is 5. The van der Waals surface area contributed by atoms with E-state index >= 15 is 0 Å². The zero-order valence-electron chi connectivity index (χ0n) is 13.8. The molecule has 1 heterocycles. The van der Waals surface area contributed by atoms with Crippen LogP contribution in [0.5, 0.6) is 5.75 Å². The molecule has 21 heavy (non-hydrogen) atoms. The quantitative estimate of drug-likeness (QED) is 0.895. The standard InChI is InChI=1S/C18H30N2O/c1-4-12-21-18-8-6-17(7-9-18)20-11-10-16(5-2)19-13-15(3)14-20/h6-9,15-16,19H,4-5,10-14H2,1-3H3. The molecule has 0 aromatic heterocycles. The van der Waals surface area contributed by atoms with Crippen LogP contribution in [-0.4, -0.2) is 32.3 Å². The van der Waals surface area contributed by atoms with Crippen molar-refractivity contribution in [2.45, 2.75) is 46.1 Å². The van der Waals surface area contributed by atoms with E-state index in [1.807, 2.05) is 0 Å². The van der Waals surface area contributed by atoms with E-state index in [9.17, 15) is 0 Å². The summed E-state index contributed by atoms with van der Waals surface area (Å²) >= 11 is 0. The molecule has 3 nitrogen and oxygen atoms in total. The molecule has 0 radical (unpaired) electrons. The molecule has 1 N–H and O–H groups in total. The monoisotopic (exact) mass is 290 g/mol. The van der Waals surface area contributed by atoms with Crippen molar-refractivity contribution in [2.24, 2.45) is 5.92 Å². The van der Waals surface area contributed by atoms with E-state index in [1.165, 1.54) is 18.5 Å². The SMILES string of the molecule is CCCOc1ccc(N2CCC(CC)NCC(C)C2)cc1. The van der Waals surface area contributed by atoms with Gasteiger partial charge < -0.3 is 15.0 Å². The van der Waals surface area contributed by atoms with Gasteiger partial charge in [0.05, 0.1) is 6.61 Å². The third kappa shape index (κ3) is 4.92. The van der Waals surface area contributed by atoms with E-state index in [0.717, 1.165) is 38.4 Å². The van der Waals surface area contributed by atoms with Gasteiger partial charge in [0.15, 0.2) is 0 Å². The summed E-state index contributed by atoms with van der Waals surface area (Å²) in [6, 6.07) is 9.26. The molecule has 2 atom stereocenters. The minimum atomic E-state index is 0.655. The fourth-order valence-corrected chi connectivity index (χ4v) is 2.87. The normalized spacial score (nSPS) is 23.5. The smallest absolute Gasteiger partial charge is 0.119 e. The lowest BCUT2D eigenvalue weighted by atomic mass is 10.0. The highest BCUT2D eigenvalue weighted by molar-refractivity contribution is 5.49. The van der Waals surface area contributed by atoms with E-state index in [1.54, 1.807) is 0 Å². The fourth-order valence-electron chi connectivity index (χ4n) is 2.87. The van der Waals surface area contributed by atoms with Crippen LogP contribution in [0.4, 0.5) is 5.69 Å². The molecule has 2 unspecified atom stereocenters. The summed E-state index contributed by atoms with van der Waals surface area (Å²) < 4.78 is 5.67. The van der Waals surface area contributed by atoms with Crippen LogP contribution < -0.4 is 15.0 Å². The Bertz CT molecular complexity index is 404. The Hall–Kier alpha value is -1.22. The van der Waals surface area contributed by atoms with Gasteiger partial charge in [-0.3, -0.25) is 0 Å². The zero-order chi connectivity index (χ0) is 15.1. The number of ether oxygens (including phenoxy) is 1. The topological polar surface area (TPSA) is 24.5 Å². The van der Waals surface area contributed by atoms with Crippen LogP contribution in [0.2, 0.25) is 0 Å². The predicted octanol–water partition coefficient (Wildman–Crippen LogP) is 3.69. The maximum absolute atomic E-state index is 5.67. The maximum atomic E-state index is 5.67. The highest BCUT2D eigenvalue weighted by Crippen LogP contribution is 2.22. The van der Waals surface area contributed by atoms with Crippen molar-refractivity contribution < 1.29 is 4.74 Å². The number of anilines is 1. The van der Waals surface area contributed by atoms with Crippen molar-refractivity contribution in [1.29, 1.82) is 0 Å². The first-order valence-corrected chi connectivity index (χ1v) is 8.44. The molecule has 0 bridgehead atoms. The van der Waals surface area contributed by atoms with Gasteiger partial charge >= 0.3 is 0 Å².